The quantitative estimate of drug-likeness (QED) is 0.663. The van der Waals surface area contributed by atoms with Crippen molar-refractivity contribution in [3.63, 3.8) is 0 Å². The van der Waals surface area contributed by atoms with Crippen molar-refractivity contribution in [3.05, 3.63) is 23.8 Å². The maximum absolute atomic E-state index is 11.6. The first-order valence-corrected chi connectivity index (χ1v) is 7.09. The van der Waals surface area contributed by atoms with Gasteiger partial charge >= 0.3 is 0 Å². The number of amides is 1. The molecule has 0 aliphatic carbocycles. The van der Waals surface area contributed by atoms with Crippen molar-refractivity contribution in [2.24, 2.45) is 0 Å². The molecule has 1 amide bonds. The van der Waals surface area contributed by atoms with Crippen molar-refractivity contribution in [3.8, 4) is 5.75 Å². The van der Waals surface area contributed by atoms with Gasteiger partial charge in [-0.1, -0.05) is 6.07 Å². The van der Waals surface area contributed by atoms with Gasteiger partial charge in [0.25, 0.3) is 5.91 Å². The number of aliphatic hydroxyl groups is 2. The minimum atomic E-state index is -0.623. The van der Waals surface area contributed by atoms with Crippen LogP contribution < -0.4 is 15.0 Å². The molecule has 0 spiro atoms. The van der Waals surface area contributed by atoms with Gasteiger partial charge in [0.05, 0.1) is 17.9 Å². The molecule has 116 valence electrons. The van der Waals surface area contributed by atoms with Gasteiger partial charge in [-0.2, -0.15) is 0 Å². The Bertz CT molecular complexity index is 504. The number of carbonyl (C=O) groups excluding carboxylic acids is 1. The van der Waals surface area contributed by atoms with Crippen molar-refractivity contribution in [1.82, 2.24) is 5.32 Å². The molecular formula is C15H22N2O4. The number of nitrogens with zero attached hydrogens (tertiary/aromatic N) is 1. The van der Waals surface area contributed by atoms with Gasteiger partial charge in [-0.3, -0.25) is 4.79 Å². The van der Waals surface area contributed by atoms with Gasteiger partial charge in [0.2, 0.25) is 0 Å². The summed E-state index contributed by atoms with van der Waals surface area (Å²) in [6.45, 7) is 2.87. The number of carbonyl (C=O) groups is 1. The van der Waals surface area contributed by atoms with E-state index in [0.717, 1.165) is 5.56 Å². The smallest absolute Gasteiger partial charge is 0.264 e. The summed E-state index contributed by atoms with van der Waals surface area (Å²) < 4.78 is 5.35. The molecule has 2 unspecified atom stereocenters. The van der Waals surface area contributed by atoms with E-state index in [1.807, 2.05) is 6.07 Å². The van der Waals surface area contributed by atoms with Crippen LogP contribution in [0, 0.1) is 0 Å². The maximum atomic E-state index is 11.6. The summed E-state index contributed by atoms with van der Waals surface area (Å²) in [5, 5.41) is 22.4. The molecule has 1 aromatic carbocycles. The van der Waals surface area contributed by atoms with Crippen molar-refractivity contribution >= 4 is 11.6 Å². The lowest BCUT2D eigenvalue weighted by Crippen LogP contribution is -2.35. The predicted molar refractivity (Wildman–Crippen MR) is 79.5 cm³/mol. The van der Waals surface area contributed by atoms with Crippen LogP contribution in [0.3, 0.4) is 0 Å². The van der Waals surface area contributed by atoms with E-state index in [2.05, 4.69) is 5.32 Å². The van der Waals surface area contributed by atoms with Crippen LogP contribution in [0.4, 0.5) is 5.69 Å². The van der Waals surface area contributed by atoms with E-state index in [1.54, 1.807) is 31.0 Å². The van der Waals surface area contributed by atoms with Gasteiger partial charge in [-0.15, -0.1) is 0 Å². The summed E-state index contributed by atoms with van der Waals surface area (Å²) in [5.41, 5.74) is 1.43. The number of likely N-dealkylation sites (N-methyl/N-ethyl adjacent to an activating group) is 1. The van der Waals surface area contributed by atoms with Gasteiger partial charge in [0.15, 0.2) is 6.61 Å². The zero-order valence-corrected chi connectivity index (χ0v) is 12.4. The van der Waals surface area contributed by atoms with Gasteiger partial charge in [0.1, 0.15) is 5.75 Å². The number of hydrogen-bond donors (Lipinski definition) is 3. The summed E-state index contributed by atoms with van der Waals surface area (Å²) in [7, 11) is 1.70. The first-order chi connectivity index (χ1) is 9.99. The summed E-state index contributed by atoms with van der Waals surface area (Å²) >= 11 is 0. The van der Waals surface area contributed by atoms with Crippen LogP contribution in [-0.4, -0.2) is 49.0 Å². The Morgan fingerprint density at radius 1 is 1.43 bits per heavy atom. The second kappa shape index (κ2) is 6.89. The highest BCUT2D eigenvalue weighted by Crippen LogP contribution is 2.34. The molecule has 1 aliphatic rings. The highest BCUT2D eigenvalue weighted by Gasteiger charge is 2.23. The zero-order chi connectivity index (χ0) is 15.4. The lowest BCUT2D eigenvalue weighted by atomic mass is 10.0. The van der Waals surface area contributed by atoms with E-state index < -0.39 is 12.2 Å². The highest BCUT2D eigenvalue weighted by atomic mass is 16.5. The molecule has 0 fully saturated rings. The third-order valence-electron chi connectivity index (χ3n) is 3.49. The molecule has 0 saturated carbocycles. The molecule has 6 nitrogen and oxygen atoms in total. The molecule has 1 aliphatic heterocycles. The molecule has 21 heavy (non-hydrogen) atoms. The summed E-state index contributed by atoms with van der Waals surface area (Å²) in [6.07, 6.45) is -0.491. The molecule has 6 heteroatoms. The molecule has 0 saturated heterocycles. The fourth-order valence-corrected chi connectivity index (χ4v) is 2.21. The number of anilines is 1. The number of benzene rings is 1. The Morgan fingerprint density at radius 3 is 2.90 bits per heavy atom. The van der Waals surface area contributed by atoms with Crippen LogP contribution in [0.5, 0.6) is 5.75 Å². The van der Waals surface area contributed by atoms with E-state index in [1.165, 1.54) is 0 Å². The molecule has 0 aromatic heterocycles. The molecule has 1 aromatic rings. The Balaban J connectivity index is 1.99. The van der Waals surface area contributed by atoms with Crippen LogP contribution >= 0.6 is 0 Å². The Labute approximate surface area is 124 Å². The lowest BCUT2D eigenvalue weighted by Gasteiger charge is -2.27. The van der Waals surface area contributed by atoms with Crippen LogP contribution in [-0.2, 0) is 4.79 Å². The molecular weight excluding hydrogens is 272 g/mol. The third-order valence-corrected chi connectivity index (χ3v) is 3.49. The molecule has 0 bridgehead atoms. The SMILES string of the molecule is CC(O)CNCCC(O)c1ccc2c(c1)N(C)C(=O)CO2. The van der Waals surface area contributed by atoms with Gasteiger partial charge < -0.3 is 25.2 Å². The second-order valence-corrected chi connectivity index (χ2v) is 5.33. The number of hydrogen-bond acceptors (Lipinski definition) is 5. The number of nitrogens with one attached hydrogen (secondary N) is 1. The van der Waals surface area contributed by atoms with E-state index in [4.69, 9.17) is 9.84 Å². The minimum absolute atomic E-state index is 0.0503. The minimum Gasteiger partial charge on any atom is -0.482 e. The zero-order valence-electron chi connectivity index (χ0n) is 12.4. The highest BCUT2D eigenvalue weighted by molar-refractivity contribution is 5.97. The second-order valence-electron chi connectivity index (χ2n) is 5.33. The van der Waals surface area contributed by atoms with Crippen LogP contribution in [0.1, 0.15) is 25.0 Å². The summed E-state index contributed by atoms with van der Waals surface area (Å²) in [5.74, 6) is 0.549. The fourth-order valence-electron chi connectivity index (χ4n) is 2.21. The number of aliphatic hydroxyl groups excluding tert-OH is 2. The molecule has 0 radical (unpaired) electrons. The summed E-state index contributed by atoms with van der Waals surface area (Å²) in [4.78, 5) is 13.2. The molecule has 3 N–H and O–H groups in total. The summed E-state index contributed by atoms with van der Waals surface area (Å²) in [6, 6.07) is 5.37. The lowest BCUT2D eigenvalue weighted by molar-refractivity contribution is -0.120. The standard InChI is InChI=1S/C15H22N2O4/c1-10(18)8-16-6-5-13(19)11-3-4-14-12(7-11)17(2)15(20)9-21-14/h3-4,7,10,13,16,18-19H,5-6,8-9H2,1-2H3. The van der Waals surface area contributed by atoms with Crippen molar-refractivity contribution in [2.75, 3.05) is 31.6 Å². The topological polar surface area (TPSA) is 82.0 Å². The van der Waals surface area contributed by atoms with E-state index in [0.29, 0.717) is 30.9 Å². The first-order valence-electron chi connectivity index (χ1n) is 7.09. The third kappa shape index (κ3) is 3.93. The largest absolute Gasteiger partial charge is 0.482 e. The van der Waals surface area contributed by atoms with Crippen LogP contribution in [0.15, 0.2) is 18.2 Å². The average Bonchev–Trinajstić information content (AvgIpc) is 2.47. The Hall–Kier alpha value is -1.63. The average molecular weight is 294 g/mol. The number of rotatable bonds is 6. The van der Waals surface area contributed by atoms with Gasteiger partial charge in [-0.05, 0) is 37.6 Å². The van der Waals surface area contributed by atoms with Crippen molar-refractivity contribution in [1.29, 1.82) is 0 Å². The first kappa shape index (κ1) is 15.8. The predicted octanol–water partition coefficient (Wildman–Crippen LogP) is 0.436. The number of ether oxygens (including phenoxy) is 1. The fraction of sp³-hybridized carbons (Fsp3) is 0.533. The van der Waals surface area contributed by atoms with Crippen molar-refractivity contribution in [2.45, 2.75) is 25.6 Å². The molecule has 2 rings (SSSR count). The Morgan fingerprint density at radius 2 is 2.19 bits per heavy atom. The number of fused-ring (bicyclic) bond motifs is 1. The van der Waals surface area contributed by atoms with Crippen LogP contribution in [0.2, 0.25) is 0 Å². The Kier molecular flexibility index (Phi) is 5.17. The van der Waals surface area contributed by atoms with Gasteiger partial charge in [0, 0.05) is 13.6 Å². The molecule has 2 atom stereocenters. The monoisotopic (exact) mass is 294 g/mol. The van der Waals surface area contributed by atoms with Gasteiger partial charge in [-0.25, -0.2) is 0 Å². The van der Waals surface area contributed by atoms with E-state index >= 15 is 0 Å². The normalized spacial score (nSPS) is 17.1. The van der Waals surface area contributed by atoms with E-state index in [9.17, 15) is 9.90 Å². The molecule has 1 heterocycles. The van der Waals surface area contributed by atoms with Crippen LogP contribution in [0.25, 0.3) is 0 Å². The van der Waals surface area contributed by atoms with E-state index in [-0.39, 0.29) is 12.5 Å². The maximum Gasteiger partial charge on any atom is 0.264 e. The van der Waals surface area contributed by atoms with Crippen molar-refractivity contribution < 1.29 is 19.7 Å².